The number of nitrogens with one attached hydrogen (secondary N) is 1. The fourth-order valence-electron chi connectivity index (χ4n) is 1.18. The summed E-state index contributed by atoms with van der Waals surface area (Å²) < 4.78 is 0. The third kappa shape index (κ3) is 2.45. The number of carbonyl (C=O) groups is 1. The van der Waals surface area contributed by atoms with Crippen molar-refractivity contribution in [1.29, 1.82) is 0 Å². The van der Waals surface area contributed by atoms with Crippen molar-refractivity contribution in [1.82, 2.24) is 10.2 Å². The summed E-state index contributed by atoms with van der Waals surface area (Å²) in [4.78, 5) is 12.8. The molecule has 0 atom stereocenters. The van der Waals surface area contributed by atoms with E-state index in [2.05, 4.69) is 10.2 Å². The maximum Gasteiger partial charge on any atom is 0.143 e. The van der Waals surface area contributed by atoms with E-state index in [0.717, 1.165) is 26.2 Å². The Morgan fingerprint density at radius 3 is 2.60 bits per heavy atom. The van der Waals surface area contributed by atoms with E-state index in [9.17, 15) is 4.79 Å². The maximum absolute atomic E-state index is 10.6. The van der Waals surface area contributed by atoms with Gasteiger partial charge in [0.1, 0.15) is 5.78 Å². The van der Waals surface area contributed by atoms with Crippen LogP contribution in [0.25, 0.3) is 0 Å². The van der Waals surface area contributed by atoms with Gasteiger partial charge in [-0.2, -0.15) is 0 Å². The molecule has 0 spiro atoms. The summed E-state index contributed by atoms with van der Waals surface area (Å²) in [6.45, 7) is 6.34. The summed E-state index contributed by atoms with van der Waals surface area (Å²) in [7, 11) is 0. The van der Waals surface area contributed by atoms with E-state index < -0.39 is 0 Å². The van der Waals surface area contributed by atoms with Gasteiger partial charge in [-0.25, -0.2) is 0 Å². The minimum absolute atomic E-state index is 0.266. The second-order valence-electron chi connectivity index (χ2n) is 2.73. The maximum atomic E-state index is 10.6. The third-order valence-corrected chi connectivity index (χ3v) is 1.66. The lowest BCUT2D eigenvalue weighted by Gasteiger charge is -2.25. The number of nitrogens with zero attached hydrogens (tertiary/aromatic N) is 1. The van der Waals surface area contributed by atoms with Crippen LogP contribution in [0.3, 0.4) is 0 Å². The molecule has 0 radical (unpaired) electrons. The average Bonchev–Trinajstić information content (AvgIpc) is 1.88. The molecule has 0 aliphatic carbocycles. The van der Waals surface area contributed by atoms with Crippen LogP contribution >= 0.6 is 0 Å². The van der Waals surface area contributed by atoms with Gasteiger partial charge in [0.05, 0.1) is 6.54 Å². The molecule has 0 aromatic heterocycles. The number of piperazine rings is 1. The molecule has 1 rings (SSSR count). The van der Waals surface area contributed by atoms with Gasteiger partial charge in [0, 0.05) is 26.2 Å². The Hall–Kier alpha value is -0.410. The average molecular weight is 143 g/mol. The predicted molar refractivity (Wildman–Crippen MR) is 40.0 cm³/mol. The van der Waals surface area contributed by atoms with Crippen LogP contribution in [0.4, 0.5) is 0 Å². The van der Waals surface area contributed by atoms with Crippen molar-refractivity contribution >= 4 is 5.78 Å². The van der Waals surface area contributed by atoms with Crippen molar-refractivity contribution < 1.29 is 4.79 Å². The van der Waals surface area contributed by atoms with Crippen molar-refractivity contribution in [3.8, 4) is 0 Å². The molecule has 0 bridgehead atoms. The molecule has 0 aromatic rings. The molecule has 0 saturated carbocycles. The zero-order chi connectivity index (χ0) is 7.40. The SMILES string of the molecule is CC(=O)CN1CC[15NH]CC1. The van der Waals surface area contributed by atoms with E-state index in [0.29, 0.717) is 6.54 Å². The van der Waals surface area contributed by atoms with E-state index in [4.69, 9.17) is 0 Å². The molecule has 58 valence electrons. The quantitative estimate of drug-likeness (QED) is 0.528. The summed E-state index contributed by atoms with van der Waals surface area (Å²) in [6.07, 6.45) is 0. The highest BCUT2D eigenvalue weighted by Crippen LogP contribution is 1.90. The van der Waals surface area contributed by atoms with Crippen LogP contribution in [-0.2, 0) is 4.79 Å². The van der Waals surface area contributed by atoms with Crippen LogP contribution < -0.4 is 5.32 Å². The molecule has 0 amide bonds. The van der Waals surface area contributed by atoms with Crippen LogP contribution in [-0.4, -0.2) is 43.4 Å². The largest absolute Gasteiger partial charge is 0.314 e. The fourth-order valence-corrected chi connectivity index (χ4v) is 1.18. The van der Waals surface area contributed by atoms with Crippen molar-refractivity contribution in [2.24, 2.45) is 0 Å². The highest BCUT2D eigenvalue weighted by atomic mass is 16.1. The van der Waals surface area contributed by atoms with Gasteiger partial charge in [-0.1, -0.05) is 0 Å². The Labute approximate surface area is 61.4 Å². The first-order chi connectivity index (χ1) is 4.79. The molecular weight excluding hydrogens is 129 g/mol. The molecule has 1 aliphatic heterocycles. The topological polar surface area (TPSA) is 32.3 Å². The van der Waals surface area contributed by atoms with E-state index in [-0.39, 0.29) is 5.78 Å². The summed E-state index contributed by atoms with van der Waals surface area (Å²) in [5, 5.41) is 3.23. The molecule has 0 aromatic carbocycles. The molecule has 1 heterocycles. The number of carbonyl (C=O) groups excluding carboxylic acids is 1. The second-order valence-corrected chi connectivity index (χ2v) is 2.73. The minimum atomic E-state index is 0.266. The number of hydrogen-bond acceptors (Lipinski definition) is 3. The Morgan fingerprint density at radius 1 is 1.50 bits per heavy atom. The predicted octanol–water partition coefficient (Wildman–Crippen LogP) is -0.519. The summed E-state index contributed by atoms with van der Waals surface area (Å²) >= 11 is 0. The lowest BCUT2D eigenvalue weighted by Crippen LogP contribution is -2.45. The smallest absolute Gasteiger partial charge is 0.143 e. The Balaban J connectivity index is 2.19. The first-order valence-electron chi connectivity index (χ1n) is 3.71. The summed E-state index contributed by atoms with van der Waals surface area (Å²) in [5.41, 5.74) is 0. The molecule has 0 unspecified atom stereocenters. The van der Waals surface area contributed by atoms with Crippen molar-refractivity contribution in [3.63, 3.8) is 0 Å². The van der Waals surface area contributed by atoms with Crippen molar-refractivity contribution in [2.75, 3.05) is 32.7 Å². The van der Waals surface area contributed by atoms with Gasteiger partial charge in [0.2, 0.25) is 0 Å². The number of ketones is 1. The molecule has 1 saturated heterocycles. The third-order valence-electron chi connectivity index (χ3n) is 1.66. The second kappa shape index (κ2) is 3.68. The van der Waals surface area contributed by atoms with E-state index >= 15 is 0 Å². The van der Waals surface area contributed by atoms with Crippen LogP contribution in [0, 0.1) is 0 Å². The molecule has 10 heavy (non-hydrogen) atoms. The first-order valence-corrected chi connectivity index (χ1v) is 3.71. The standard InChI is InChI=1S/C7H14N2O/c1-7(10)6-9-4-2-8-3-5-9/h8H,2-6H2,1H3/i8+1. The van der Waals surface area contributed by atoms with Gasteiger partial charge in [-0.15, -0.1) is 0 Å². The van der Waals surface area contributed by atoms with Gasteiger partial charge in [-0.05, 0) is 6.92 Å². The van der Waals surface area contributed by atoms with Crippen LogP contribution in [0.5, 0.6) is 0 Å². The van der Waals surface area contributed by atoms with Gasteiger partial charge >= 0.3 is 0 Å². The zero-order valence-corrected chi connectivity index (χ0v) is 6.39. The molecule has 3 heteroatoms. The monoisotopic (exact) mass is 143 g/mol. The van der Waals surface area contributed by atoms with Gasteiger partial charge in [-0.3, -0.25) is 9.69 Å². The molecular formula is C7H14N2O. The molecule has 3 nitrogen and oxygen atoms in total. The van der Waals surface area contributed by atoms with E-state index in [1.54, 1.807) is 6.92 Å². The number of hydrogen-bond donors (Lipinski definition) is 1. The Kier molecular flexibility index (Phi) is 2.83. The van der Waals surface area contributed by atoms with E-state index in [1.807, 2.05) is 0 Å². The lowest BCUT2D eigenvalue weighted by molar-refractivity contribution is -0.118. The zero-order valence-electron chi connectivity index (χ0n) is 6.39. The van der Waals surface area contributed by atoms with Gasteiger partial charge < -0.3 is 5.32 Å². The van der Waals surface area contributed by atoms with E-state index in [1.165, 1.54) is 0 Å². The highest BCUT2D eigenvalue weighted by Gasteiger charge is 2.09. The van der Waals surface area contributed by atoms with Gasteiger partial charge in [0.15, 0.2) is 0 Å². The Bertz CT molecular complexity index is 119. The highest BCUT2D eigenvalue weighted by molar-refractivity contribution is 5.77. The first kappa shape index (κ1) is 7.69. The van der Waals surface area contributed by atoms with Gasteiger partial charge in [0.25, 0.3) is 0 Å². The minimum Gasteiger partial charge on any atom is -0.314 e. The lowest BCUT2D eigenvalue weighted by atomic mass is 10.3. The summed E-state index contributed by atoms with van der Waals surface area (Å²) in [6, 6.07) is 0. The van der Waals surface area contributed by atoms with Crippen molar-refractivity contribution in [2.45, 2.75) is 6.92 Å². The van der Waals surface area contributed by atoms with Crippen LogP contribution in [0.15, 0.2) is 0 Å². The fraction of sp³-hybridized carbons (Fsp3) is 0.857. The number of Topliss-reactive ketones (excluding diaryl/α,β-unsaturated/α-hetero) is 1. The summed E-state index contributed by atoms with van der Waals surface area (Å²) in [5.74, 6) is 0.266. The van der Waals surface area contributed by atoms with Crippen LogP contribution in [0.1, 0.15) is 6.92 Å². The number of rotatable bonds is 2. The van der Waals surface area contributed by atoms with Crippen LogP contribution in [0.2, 0.25) is 0 Å². The molecule has 1 fully saturated rings. The van der Waals surface area contributed by atoms with Crippen molar-refractivity contribution in [3.05, 3.63) is 0 Å². The molecule has 1 N–H and O–H groups in total. The Morgan fingerprint density at radius 2 is 2.10 bits per heavy atom. The molecule has 1 aliphatic rings. The normalized spacial score (nSPS) is 20.9.